The summed E-state index contributed by atoms with van der Waals surface area (Å²) >= 11 is 2.97. The van der Waals surface area contributed by atoms with E-state index in [1.807, 2.05) is 35.7 Å². The molecule has 0 bridgehead atoms. The molecular weight excluding hydrogens is 358 g/mol. The normalized spacial score (nSPS) is 15.9. The standard InChI is InChI=1S/C17H15N3O3S2/c21-15(9-25-17-12-5-6-24-16(12)19-10-20-17)18-7-11-8-22-13-3-1-2-4-14(13)23-11/h1-6,10-11H,7-9H2,(H,18,21). The number of hydrogen-bond acceptors (Lipinski definition) is 7. The van der Waals surface area contributed by atoms with Gasteiger partial charge in [0.05, 0.1) is 12.3 Å². The number of nitrogens with zero attached hydrogens (tertiary/aromatic N) is 2. The molecule has 0 saturated heterocycles. The summed E-state index contributed by atoms with van der Waals surface area (Å²) in [5.74, 6) is 1.69. The van der Waals surface area contributed by atoms with Crippen LogP contribution in [-0.4, -0.2) is 40.9 Å². The van der Waals surface area contributed by atoms with Crippen LogP contribution in [-0.2, 0) is 4.79 Å². The first kappa shape index (κ1) is 16.2. The van der Waals surface area contributed by atoms with Crippen molar-refractivity contribution in [2.45, 2.75) is 11.1 Å². The number of benzene rings is 1. The molecule has 0 saturated carbocycles. The first-order chi connectivity index (χ1) is 12.3. The van der Waals surface area contributed by atoms with Gasteiger partial charge in [0.2, 0.25) is 5.91 Å². The van der Waals surface area contributed by atoms with Crippen LogP contribution in [0.2, 0.25) is 0 Å². The molecule has 1 aromatic carbocycles. The lowest BCUT2D eigenvalue weighted by atomic mass is 10.2. The molecule has 1 N–H and O–H groups in total. The van der Waals surface area contributed by atoms with E-state index in [2.05, 4.69) is 15.3 Å². The zero-order chi connectivity index (χ0) is 17.1. The average molecular weight is 373 g/mol. The van der Waals surface area contributed by atoms with Crippen LogP contribution in [0.4, 0.5) is 0 Å². The minimum Gasteiger partial charge on any atom is -0.486 e. The van der Waals surface area contributed by atoms with Crippen LogP contribution < -0.4 is 14.8 Å². The summed E-state index contributed by atoms with van der Waals surface area (Å²) < 4.78 is 11.5. The molecule has 0 radical (unpaired) electrons. The van der Waals surface area contributed by atoms with Gasteiger partial charge in [-0.2, -0.15) is 0 Å². The third-order valence-corrected chi connectivity index (χ3v) is 5.49. The van der Waals surface area contributed by atoms with Crippen molar-refractivity contribution in [1.29, 1.82) is 0 Å². The highest BCUT2D eigenvalue weighted by Crippen LogP contribution is 2.30. The molecule has 1 aliphatic rings. The van der Waals surface area contributed by atoms with Crippen LogP contribution in [0.3, 0.4) is 0 Å². The van der Waals surface area contributed by atoms with Gasteiger partial charge in [0.25, 0.3) is 0 Å². The van der Waals surface area contributed by atoms with Gasteiger partial charge in [-0.15, -0.1) is 11.3 Å². The number of carbonyl (C=O) groups excluding carboxylic acids is 1. The van der Waals surface area contributed by atoms with Crippen LogP contribution >= 0.6 is 23.1 Å². The SMILES string of the molecule is O=C(CSc1ncnc2sccc12)NCC1COc2ccccc2O1. The highest BCUT2D eigenvalue weighted by atomic mass is 32.2. The Morgan fingerprint density at radius 1 is 1.28 bits per heavy atom. The second-order valence-electron chi connectivity index (χ2n) is 5.41. The van der Waals surface area contributed by atoms with Crippen molar-refractivity contribution >= 4 is 39.2 Å². The van der Waals surface area contributed by atoms with E-state index in [9.17, 15) is 4.79 Å². The maximum Gasteiger partial charge on any atom is 0.230 e. The fourth-order valence-electron chi connectivity index (χ4n) is 2.46. The first-order valence-corrected chi connectivity index (χ1v) is 9.62. The molecular formula is C17H15N3O3S2. The van der Waals surface area contributed by atoms with Gasteiger partial charge in [-0.3, -0.25) is 4.79 Å². The molecule has 3 heterocycles. The highest BCUT2D eigenvalue weighted by molar-refractivity contribution is 8.00. The van der Waals surface area contributed by atoms with Crippen molar-refractivity contribution in [3.05, 3.63) is 42.0 Å². The number of thioether (sulfide) groups is 1. The summed E-state index contributed by atoms with van der Waals surface area (Å²) in [6, 6.07) is 9.50. The van der Waals surface area contributed by atoms with Crippen molar-refractivity contribution in [1.82, 2.24) is 15.3 Å². The fraction of sp³-hybridized carbons (Fsp3) is 0.235. The maximum absolute atomic E-state index is 12.1. The number of carbonyl (C=O) groups is 1. The van der Waals surface area contributed by atoms with Crippen LogP contribution in [0.5, 0.6) is 11.5 Å². The Morgan fingerprint density at radius 2 is 2.16 bits per heavy atom. The largest absolute Gasteiger partial charge is 0.486 e. The van der Waals surface area contributed by atoms with E-state index < -0.39 is 0 Å². The van der Waals surface area contributed by atoms with Crippen molar-refractivity contribution in [2.24, 2.45) is 0 Å². The predicted octanol–water partition coefficient (Wildman–Crippen LogP) is 2.74. The lowest BCUT2D eigenvalue weighted by Crippen LogP contribution is -2.41. The van der Waals surface area contributed by atoms with Gasteiger partial charge in [-0.25, -0.2) is 9.97 Å². The molecule has 0 spiro atoms. The molecule has 3 aromatic rings. The molecule has 1 aliphatic heterocycles. The number of para-hydroxylation sites is 2. The van der Waals surface area contributed by atoms with Crippen molar-refractivity contribution in [3.63, 3.8) is 0 Å². The quantitative estimate of drug-likeness (QED) is 0.548. The second kappa shape index (κ2) is 7.28. The lowest BCUT2D eigenvalue weighted by Gasteiger charge is -2.26. The van der Waals surface area contributed by atoms with Gasteiger partial charge < -0.3 is 14.8 Å². The van der Waals surface area contributed by atoms with Gasteiger partial charge >= 0.3 is 0 Å². The highest BCUT2D eigenvalue weighted by Gasteiger charge is 2.21. The molecule has 2 aromatic heterocycles. The van der Waals surface area contributed by atoms with Gasteiger partial charge in [0, 0.05) is 5.39 Å². The van der Waals surface area contributed by atoms with E-state index in [4.69, 9.17) is 9.47 Å². The summed E-state index contributed by atoms with van der Waals surface area (Å²) in [6.45, 7) is 0.831. The maximum atomic E-state index is 12.1. The average Bonchev–Trinajstić information content (AvgIpc) is 3.14. The van der Waals surface area contributed by atoms with Crippen molar-refractivity contribution in [3.8, 4) is 11.5 Å². The molecule has 1 amide bonds. The monoisotopic (exact) mass is 373 g/mol. The van der Waals surface area contributed by atoms with Crippen LogP contribution in [0.25, 0.3) is 10.2 Å². The van der Waals surface area contributed by atoms with E-state index in [1.54, 1.807) is 11.3 Å². The molecule has 1 atom stereocenters. The van der Waals surface area contributed by atoms with Crippen molar-refractivity contribution in [2.75, 3.05) is 18.9 Å². The molecule has 4 rings (SSSR count). The summed E-state index contributed by atoms with van der Waals surface area (Å²) in [4.78, 5) is 21.5. The zero-order valence-electron chi connectivity index (χ0n) is 13.2. The Morgan fingerprint density at radius 3 is 3.08 bits per heavy atom. The molecule has 0 fully saturated rings. The molecule has 8 heteroatoms. The number of ether oxygens (including phenoxy) is 2. The number of thiophene rings is 1. The van der Waals surface area contributed by atoms with Crippen LogP contribution in [0.1, 0.15) is 0 Å². The van der Waals surface area contributed by atoms with Gasteiger partial charge in [-0.1, -0.05) is 23.9 Å². The van der Waals surface area contributed by atoms with Crippen LogP contribution in [0, 0.1) is 0 Å². The Labute approximate surface area is 152 Å². The molecule has 128 valence electrons. The van der Waals surface area contributed by atoms with Gasteiger partial charge in [-0.05, 0) is 23.6 Å². The smallest absolute Gasteiger partial charge is 0.230 e. The Bertz CT molecular complexity index is 899. The Balaban J connectivity index is 1.28. The lowest BCUT2D eigenvalue weighted by molar-refractivity contribution is -0.119. The Hall–Kier alpha value is -2.32. The first-order valence-electron chi connectivity index (χ1n) is 7.76. The van der Waals surface area contributed by atoms with Crippen LogP contribution in [0.15, 0.2) is 47.1 Å². The minimum atomic E-state index is -0.188. The fourth-order valence-corrected chi connectivity index (χ4v) is 4.07. The summed E-state index contributed by atoms with van der Waals surface area (Å²) in [5.41, 5.74) is 0. The number of aromatic nitrogens is 2. The third-order valence-electron chi connectivity index (χ3n) is 3.66. The van der Waals surface area contributed by atoms with Gasteiger partial charge in [0.1, 0.15) is 28.9 Å². The van der Waals surface area contributed by atoms with E-state index in [1.165, 1.54) is 18.1 Å². The number of fused-ring (bicyclic) bond motifs is 2. The van der Waals surface area contributed by atoms with Crippen molar-refractivity contribution < 1.29 is 14.3 Å². The third kappa shape index (κ3) is 3.69. The van der Waals surface area contributed by atoms with E-state index in [0.29, 0.717) is 24.7 Å². The summed E-state index contributed by atoms with van der Waals surface area (Å²) in [5, 5.41) is 6.68. The minimum absolute atomic E-state index is 0.0607. The van der Waals surface area contributed by atoms with E-state index in [-0.39, 0.29) is 12.0 Å². The van der Waals surface area contributed by atoms with E-state index >= 15 is 0 Å². The zero-order valence-corrected chi connectivity index (χ0v) is 14.8. The molecule has 0 aliphatic carbocycles. The number of rotatable bonds is 5. The van der Waals surface area contributed by atoms with Gasteiger partial charge in [0.15, 0.2) is 11.5 Å². The molecule has 1 unspecified atom stereocenters. The summed E-state index contributed by atoms with van der Waals surface area (Å²) in [7, 11) is 0. The topological polar surface area (TPSA) is 73.3 Å². The number of nitrogens with one attached hydrogen (secondary N) is 1. The number of amides is 1. The number of hydrogen-bond donors (Lipinski definition) is 1. The molecule has 6 nitrogen and oxygen atoms in total. The summed E-state index contributed by atoms with van der Waals surface area (Å²) in [6.07, 6.45) is 1.34. The predicted molar refractivity (Wildman–Crippen MR) is 97.5 cm³/mol. The molecule has 25 heavy (non-hydrogen) atoms. The van der Waals surface area contributed by atoms with E-state index in [0.717, 1.165) is 21.0 Å². The second-order valence-corrected chi connectivity index (χ2v) is 7.27. The Kier molecular flexibility index (Phi) is 4.71.